The highest BCUT2D eigenvalue weighted by Gasteiger charge is 2.12. The number of amides is 2. The lowest BCUT2D eigenvalue weighted by atomic mass is 10.1. The molecular formula is C14H12ClN3O3. The summed E-state index contributed by atoms with van der Waals surface area (Å²) in [5.74, 6) is -0.807. The summed E-state index contributed by atoms with van der Waals surface area (Å²) >= 11 is 5.93. The Balaban J connectivity index is 2.26. The number of pyridine rings is 1. The van der Waals surface area contributed by atoms with E-state index in [1.165, 1.54) is 37.5 Å². The first kappa shape index (κ1) is 14.8. The predicted molar refractivity (Wildman–Crippen MR) is 79.9 cm³/mol. The van der Waals surface area contributed by atoms with Gasteiger partial charge in [-0.2, -0.15) is 0 Å². The lowest BCUT2D eigenvalue weighted by Crippen LogP contribution is -2.19. The Hall–Kier alpha value is -2.60. The first-order valence-electron chi connectivity index (χ1n) is 6.03. The number of aromatic amines is 1. The minimum absolute atomic E-state index is 0.218. The molecule has 0 aliphatic heterocycles. The molecule has 0 radical (unpaired) electrons. The van der Waals surface area contributed by atoms with Crippen LogP contribution in [0.15, 0.2) is 41.3 Å². The van der Waals surface area contributed by atoms with Crippen molar-refractivity contribution in [2.24, 2.45) is 0 Å². The Kier molecular flexibility index (Phi) is 4.39. The van der Waals surface area contributed by atoms with Crippen molar-refractivity contribution < 1.29 is 9.59 Å². The van der Waals surface area contributed by atoms with Crippen LogP contribution in [0.5, 0.6) is 0 Å². The molecule has 3 N–H and O–H groups in total. The van der Waals surface area contributed by atoms with E-state index in [1.807, 2.05) is 0 Å². The fourth-order valence-electron chi connectivity index (χ4n) is 1.70. The third-order valence-electron chi connectivity index (χ3n) is 2.73. The normalized spacial score (nSPS) is 10.0. The van der Waals surface area contributed by atoms with Crippen LogP contribution in [0.1, 0.15) is 20.7 Å². The Labute approximate surface area is 125 Å². The molecule has 21 heavy (non-hydrogen) atoms. The molecule has 6 nitrogen and oxygen atoms in total. The number of carbonyl (C=O) groups excluding carboxylic acids is 2. The van der Waals surface area contributed by atoms with E-state index in [2.05, 4.69) is 15.6 Å². The molecule has 0 fully saturated rings. The van der Waals surface area contributed by atoms with E-state index in [-0.39, 0.29) is 27.6 Å². The first-order valence-corrected chi connectivity index (χ1v) is 6.41. The maximum absolute atomic E-state index is 12.0. The monoisotopic (exact) mass is 305 g/mol. The molecule has 0 unspecified atom stereocenters. The largest absolute Gasteiger partial charge is 0.355 e. The van der Waals surface area contributed by atoms with Crippen molar-refractivity contribution in [2.75, 3.05) is 12.4 Å². The summed E-state index contributed by atoms with van der Waals surface area (Å²) in [5, 5.41) is 5.34. The van der Waals surface area contributed by atoms with Crippen molar-refractivity contribution in [1.82, 2.24) is 10.3 Å². The molecule has 0 spiro atoms. The second-order valence-electron chi connectivity index (χ2n) is 4.17. The van der Waals surface area contributed by atoms with Crippen LogP contribution in [0.3, 0.4) is 0 Å². The fourth-order valence-corrected chi connectivity index (χ4v) is 1.90. The Morgan fingerprint density at radius 2 is 1.90 bits per heavy atom. The highest BCUT2D eigenvalue weighted by atomic mass is 35.5. The predicted octanol–water partition coefficient (Wildman–Crippen LogP) is 1.64. The van der Waals surface area contributed by atoms with Gasteiger partial charge in [0.15, 0.2) is 0 Å². The zero-order valence-corrected chi connectivity index (χ0v) is 11.8. The first-order chi connectivity index (χ1) is 10.0. The van der Waals surface area contributed by atoms with Crippen molar-refractivity contribution in [3.8, 4) is 0 Å². The van der Waals surface area contributed by atoms with Gasteiger partial charge in [0, 0.05) is 30.6 Å². The van der Waals surface area contributed by atoms with Crippen molar-refractivity contribution in [3.05, 3.63) is 63.0 Å². The lowest BCUT2D eigenvalue weighted by Gasteiger charge is -2.08. The third-order valence-corrected chi connectivity index (χ3v) is 3.06. The van der Waals surface area contributed by atoms with Gasteiger partial charge in [0.1, 0.15) is 0 Å². The van der Waals surface area contributed by atoms with E-state index in [9.17, 15) is 14.4 Å². The quantitative estimate of drug-likeness (QED) is 0.805. The lowest BCUT2D eigenvalue weighted by molar-refractivity contribution is 0.0961. The van der Waals surface area contributed by atoms with Crippen molar-refractivity contribution >= 4 is 29.1 Å². The Morgan fingerprint density at radius 1 is 1.14 bits per heavy atom. The standard InChI is InChI=1S/C14H12ClN3O3/c1-16-14(21)10-7-9(2-3-11(10)15)18-13(20)8-4-5-17-12(19)6-8/h2-7H,1H3,(H,16,21)(H,17,19)(H,18,20). The second kappa shape index (κ2) is 6.23. The Morgan fingerprint density at radius 3 is 2.57 bits per heavy atom. The number of H-pyrrole nitrogens is 1. The van der Waals surface area contributed by atoms with Gasteiger partial charge in [-0.25, -0.2) is 0 Å². The minimum Gasteiger partial charge on any atom is -0.355 e. The van der Waals surface area contributed by atoms with Gasteiger partial charge in [0.25, 0.3) is 11.8 Å². The number of anilines is 1. The number of benzene rings is 1. The summed E-state index contributed by atoms with van der Waals surface area (Å²) in [6, 6.07) is 7.21. The maximum atomic E-state index is 12.0. The van der Waals surface area contributed by atoms with E-state index < -0.39 is 5.91 Å². The molecule has 0 bridgehead atoms. The van der Waals surface area contributed by atoms with Gasteiger partial charge in [-0.15, -0.1) is 0 Å². The number of carbonyl (C=O) groups is 2. The highest BCUT2D eigenvalue weighted by Crippen LogP contribution is 2.21. The average Bonchev–Trinajstić information content (AvgIpc) is 2.48. The number of rotatable bonds is 3. The number of aromatic nitrogens is 1. The molecule has 7 heteroatoms. The van der Waals surface area contributed by atoms with Crippen LogP contribution in [0, 0.1) is 0 Å². The van der Waals surface area contributed by atoms with Gasteiger partial charge in [0.05, 0.1) is 10.6 Å². The van der Waals surface area contributed by atoms with Gasteiger partial charge in [-0.3, -0.25) is 14.4 Å². The molecule has 0 aliphatic rings. The molecule has 0 atom stereocenters. The molecule has 108 valence electrons. The van der Waals surface area contributed by atoms with Crippen LogP contribution in [0.4, 0.5) is 5.69 Å². The summed E-state index contributed by atoms with van der Waals surface area (Å²) in [5.41, 5.74) is 0.506. The van der Waals surface area contributed by atoms with Gasteiger partial charge in [0.2, 0.25) is 5.56 Å². The van der Waals surface area contributed by atoms with Gasteiger partial charge >= 0.3 is 0 Å². The fraction of sp³-hybridized carbons (Fsp3) is 0.0714. The summed E-state index contributed by atoms with van der Waals surface area (Å²) in [6.07, 6.45) is 1.38. The molecule has 1 aromatic heterocycles. The maximum Gasteiger partial charge on any atom is 0.255 e. The van der Waals surface area contributed by atoms with E-state index in [1.54, 1.807) is 6.07 Å². The van der Waals surface area contributed by atoms with Gasteiger partial charge in [-0.1, -0.05) is 11.6 Å². The smallest absolute Gasteiger partial charge is 0.255 e. The number of halogens is 1. The minimum atomic E-state index is -0.453. The van der Waals surface area contributed by atoms with Crippen LogP contribution < -0.4 is 16.2 Å². The second-order valence-corrected chi connectivity index (χ2v) is 4.58. The number of hydrogen-bond donors (Lipinski definition) is 3. The molecule has 0 aliphatic carbocycles. The number of hydrogen-bond acceptors (Lipinski definition) is 3. The van der Waals surface area contributed by atoms with E-state index >= 15 is 0 Å². The molecule has 0 saturated heterocycles. The number of nitrogens with one attached hydrogen (secondary N) is 3. The Bertz CT molecular complexity index is 755. The van der Waals surface area contributed by atoms with E-state index in [4.69, 9.17) is 11.6 Å². The molecular weight excluding hydrogens is 294 g/mol. The van der Waals surface area contributed by atoms with Gasteiger partial charge in [-0.05, 0) is 24.3 Å². The van der Waals surface area contributed by atoms with Crippen LogP contribution in [-0.2, 0) is 0 Å². The zero-order valence-electron chi connectivity index (χ0n) is 11.1. The topological polar surface area (TPSA) is 91.1 Å². The summed E-state index contributed by atoms with van der Waals surface area (Å²) in [6.45, 7) is 0. The SMILES string of the molecule is CNC(=O)c1cc(NC(=O)c2cc[nH]c(=O)c2)ccc1Cl. The zero-order chi connectivity index (χ0) is 15.4. The van der Waals surface area contributed by atoms with Crippen LogP contribution in [0.2, 0.25) is 5.02 Å². The van der Waals surface area contributed by atoms with E-state index in [0.717, 1.165) is 0 Å². The van der Waals surface area contributed by atoms with Crippen molar-refractivity contribution in [2.45, 2.75) is 0 Å². The summed E-state index contributed by atoms with van der Waals surface area (Å²) in [7, 11) is 1.49. The molecule has 1 aromatic carbocycles. The average molecular weight is 306 g/mol. The molecule has 1 heterocycles. The van der Waals surface area contributed by atoms with Crippen LogP contribution in [-0.4, -0.2) is 23.8 Å². The summed E-state index contributed by atoms with van der Waals surface area (Å²) in [4.78, 5) is 37.2. The molecule has 2 aromatic rings. The third kappa shape index (κ3) is 3.49. The molecule has 2 rings (SSSR count). The van der Waals surface area contributed by atoms with Crippen molar-refractivity contribution in [1.29, 1.82) is 0 Å². The van der Waals surface area contributed by atoms with Gasteiger partial charge < -0.3 is 15.6 Å². The molecule has 2 amide bonds. The summed E-state index contributed by atoms with van der Waals surface area (Å²) < 4.78 is 0. The van der Waals surface area contributed by atoms with Crippen molar-refractivity contribution in [3.63, 3.8) is 0 Å². The van der Waals surface area contributed by atoms with Crippen LogP contribution >= 0.6 is 11.6 Å². The van der Waals surface area contributed by atoms with E-state index in [0.29, 0.717) is 5.69 Å². The highest BCUT2D eigenvalue weighted by molar-refractivity contribution is 6.34. The molecule has 0 saturated carbocycles. The van der Waals surface area contributed by atoms with Crippen LogP contribution in [0.25, 0.3) is 0 Å².